The van der Waals surface area contributed by atoms with Gasteiger partial charge in [0.05, 0.1) is 23.6 Å². The zero-order valence-corrected chi connectivity index (χ0v) is 18.5. The number of ether oxygens (including phenoxy) is 2. The molecule has 0 radical (unpaired) electrons. The van der Waals surface area contributed by atoms with Gasteiger partial charge in [-0.05, 0) is 37.6 Å². The van der Waals surface area contributed by atoms with Gasteiger partial charge in [0.1, 0.15) is 6.10 Å². The Kier molecular flexibility index (Phi) is 6.13. The van der Waals surface area contributed by atoms with Crippen molar-refractivity contribution in [2.75, 3.05) is 26.3 Å². The van der Waals surface area contributed by atoms with E-state index in [0.717, 1.165) is 29.6 Å². The van der Waals surface area contributed by atoms with Crippen LogP contribution in [-0.4, -0.2) is 50.1 Å². The molecule has 1 aromatic heterocycles. The van der Waals surface area contributed by atoms with Crippen LogP contribution in [0.3, 0.4) is 0 Å². The topological polar surface area (TPSA) is 77.8 Å². The van der Waals surface area contributed by atoms with Gasteiger partial charge in [-0.3, -0.25) is 9.69 Å². The highest BCUT2D eigenvalue weighted by molar-refractivity contribution is 7.90. The first-order chi connectivity index (χ1) is 14.9. The van der Waals surface area contributed by atoms with E-state index in [1.54, 1.807) is 37.4 Å². The lowest BCUT2D eigenvalue weighted by atomic mass is 10.1. The number of benzene rings is 2. The molecule has 31 heavy (non-hydrogen) atoms. The summed E-state index contributed by atoms with van der Waals surface area (Å²) in [6.07, 6.45) is 0.992. The molecule has 2 heterocycles. The van der Waals surface area contributed by atoms with Gasteiger partial charge in [-0.15, -0.1) is 0 Å². The molecule has 0 bridgehead atoms. The minimum atomic E-state index is -3.82. The number of carbonyl (C=O) groups is 1. The maximum Gasteiger partial charge on any atom is 0.293 e. The predicted molar refractivity (Wildman–Crippen MR) is 117 cm³/mol. The standard InChI is InChI=1S/C23H26N2O5S/c1-17-3-6-20(7-4-17)31(27,28)25-15-22(18(2)30-16-26)21-8-5-19(13-23(21)25)14-24-9-11-29-12-10-24/h3-8,13,15-16,18H,9-12,14H2,1-2H3. The van der Waals surface area contributed by atoms with Crippen molar-refractivity contribution >= 4 is 27.4 Å². The Morgan fingerprint density at radius 1 is 1.13 bits per heavy atom. The first-order valence-corrected chi connectivity index (χ1v) is 11.7. The molecule has 7 nitrogen and oxygen atoms in total. The maximum absolute atomic E-state index is 13.5. The molecule has 164 valence electrons. The highest BCUT2D eigenvalue weighted by Gasteiger charge is 2.24. The van der Waals surface area contributed by atoms with Crippen molar-refractivity contribution in [3.05, 3.63) is 65.4 Å². The molecule has 1 fully saturated rings. The molecule has 4 rings (SSSR count). The zero-order valence-electron chi connectivity index (χ0n) is 17.7. The van der Waals surface area contributed by atoms with Crippen LogP contribution < -0.4 is 0 Å². The number of carbonyl (C=O) groups excluding carboxylic acids is 1. The number of morpholine rings is 1. The second kappa shape index (κ2) is 8.82. The zero-order chi connectivity index (χ0) is 22.0. The molecule has 0 N–H and O–H groups in total. The lowest BCUT2D eigenvalue weighted by molar-refractivity contribution is -0.133. The third-order valence-electron chi connectivity index (χ3n) is 5.65. The quantitative estimate of drug-likeness (QED) is 0.523. The van der Waals surface area contributed by atoms with Crippen LogP contribution in [0.4, 0.5) is 0 Å². The van der Waals surface area contributed by atoms with Gasteiger partial charge >= 0.3 is 0 Å². The van der Waals surface area contributed by atoms with Gasteiger partial charge in [0.25, 0.3) is 16.5 Å². The molecule has 3 aromatic rings. The number of hydrogen-bond acceptors (Lipinski definition) is 6. The van der Waals surface area contributed by atoms with Crippen LogP contribution in [0.5, 0.6) is 0 Å². The molecule has 8 heteroatoms. The molecule has 0 amide bonds. The van der Waals surface area contributed by atoms with Gasteiger partial charge in [0.15, 0.2) is 0 Å². The summed E-state index contributed by atoms with van der Waals surface area (Å²) in [5.41, 5.74) is 3.22. The molecule has 0 spiro atoms. The van der Waals surface area contributed by atoms with E-state index < -0.39 is 16.1 Å². The largest absolute Gasteiger partial charge is 0.460 e. The van der Waals surface area contributed by atoms with E-state index in [1.165, 1.54) is 3.97 Å². The summed E-state index contributed by atoms with van der Waals surface area (Å²) < 4.78 is 38.8. The number of aromatic nitrogens is 1. The Bertz CT molecular complexity index is 1180. The molecular formula is C23H26N2O5S. The third-order valence-corrected chi connectivity index (χ3v) is 7.34. The summed E-state index contributed by atoms with van der Waals surface area (Å²) in [6.45, 7) is 7.83. The van der Waals surface area contributed by atoms with Crippen molar-refractivity contribution < 1.29 is 22.7 Å². The molecule has 1 unspecified atom stereocenters. The van der Waals surface area contributed by atoms with E-state index in [4.69, 9.17) is 9.47 Å². The van der Waals surface area contributed by atoms with E-state index in [-0.39, 0.29) is 4.90 Å². The minimum Gasteiger partial charge on any atom is -0.460 e. The van der Waals surface area contributed by atoms with Gasteiger partial charge in [-0.1, -0.05) is 29.8 Å². The minimum absolute atomic E-state index is 0.212. The fourth-order valence-corrected chi connectivity index (χ4v) is 5.26. The molecule has 1 aliphatic rings. The number of rotatable bonds is 7. The smallest absolute Gasteiger partial charge is 0.293 e. The Morgan fingerprint density at radius 2 is 1.84 bits per heavy atom. The Labute approximate surface area is 182 Å². The summed E-state index contributed by atoms with van der Waals surface area (Å²) in [5.74, 6) is 0. The van der Waals surface area contributed by atoms with E-state index >= 15 is 0 Å². The van der Waals surface area contributed by atoms with Crippen molar-refractivity contribution in [2.24, 2.45) is 0 Å². The molecule has 2 aromatic carbocycles. The lowest BCUT2D eigenvalue weighted by Crippen LogP contribution is -2.35. The van der Waals surface area contributed by atoms with Crippen LogP contribution >= 0.6 is 0 Å². The van der Waals surface area contributed by atoms with Gasteiger partial charge in [-0.25, -0.2) is 12.4 Å². The highest BCUT2D eigenvalue weighted by Crippen LogP contribution is 2.32. The second-order valence-electron chi connectivity index (χ2n) is 7.81. The number of nitrogens with zero attached hydrogens (tertiary/aromatic N) is 2. The first-order valence-electron chi connectivity index (χ1n) is 10.3. The monoisotopic (exact) mass is 442 g/mol. The summed E-state index contributed by atoms with van der Waals surface area (Å²) in [6, 6.07) is 12.6. The fraction of sp³-hybridized carbons (Fsp3) is 0.348. The van der Waals surface area contributed by atoms with E-state index in [1.807, 2.05) is 25.1 Å². The Morgan fingerprint density at radius 3 is 2.52 bits per heavy atom. The number of aryl methyl sites for hydroxylation is 1. The van der Waals surface area contributed by atoms with Crippen molar-refractivity contribution in [1.82, 2.24) is 8.87 Å². The van der Waals surface area contributed by atoms with E-state index in [9.17, 15) is 13.2 Å². The molecule has 1 atom stereocenters. The highest BCUT2D eigenvalue weighted by atomic mass is 32.2. The van der Waals surface area contributed by atoms with Crippen LogP contribution in [0, 0.1) is 6.92 Å². The third kappa shape index (κ3) is 4.37. The maximum atomic E-state index is 13.5. The van der Waals surface area contributed by atoms with Gasteiger partial charge < -0.3 is 9.47 Å². The molecule has 1 aliphatic heterocycles. The second-order valence-corrected chi connectivity index (χ2v) is 9.63. The summed E-state index contributed by atoms with van der Waals surface area (Å²) in [4.78, 5) is 13.4. The van der Waals surface area contributed by atoms with E-state index in [0.29, 0.717) is 37.3 Å². The van der Waals surface area contributed by atoms with Crippen LogP contribution in [0.2, 0.25) is 0 Å². The normalized spacial score (nSPS) is 16.3. The van der Waals surface area contributed by atoms with Gasteiger partial charge in [0.2, 0.25) is 0 Å². The molecule has 0 aliphatic carbocycles. The number of fused-ring (bicyclic) bond motifs is 1. The fourth-order valence-electron chi connectivity index (χ4n) is 3.89. The van der Waals surface area contributed by atoms with Crippen molar-refractivity contribution in [3.8, 4) is 0 Å². The average molecular weight is 443 g/mol. The number of hydrogen-bond donors (Lipinski definition) is 0. The average Bonchev–Trinajstić information content (AvgIpc) is 3.15. The summed E-state index contributed by atoms with van der Waals surface area (Å²) in [5, 5.41) is 0.746. The predicted octanol–water partition coefficient (Wildman–Crippen LogP) is 3.25. The Balaban J connectivity index is 1.82. The van der Waals surface area contributed by atoms with Crippen molar-refractivity contribution in [3.63, 3.8) is 0 Å². The molecule has 0 saturated carbocycles. The molecule has 1 saturated heterocycles. The summed E-state index contributed by atoms with van der Waals surface area (Å²) >= 11 is 0. The van der Waals surface area contributed by atoms with Crippen molar-refractivity contribution in [2.45, 2.75) is 31.4 Å². The van der Waals surface area contributed by atoms with Crippen LogP contribution in [0.1, 0.15) is 29.7 Å². The lowest BCUT2D eigenvalue weighted by Gasteiger charge is -2.26. The van der Waals surface area contributed by atoms with Gasteiger partial charge in [-0.2, -0.15) is 0 Å². The SMILES string of the molecule is Cc1ccc(S(=O)(=O)n2cc(C(C)OC=O)c3ccc(CN4CCOCC4)cc32)cc1. The molecular weight excluding hydrogens is 416 g/mol. The van der Waals surface area contributed by atoms with Crippen LogP contribution in [-0.2, 0) is 30.8 Å². The van der Waals surface area contributed by atoms with Crippen LogP contribution in [0.15, 0.2) is 53.6 Å². The van der Waals surface area contributed by atoms with Gasteiger partial charge in [0, 0.05) is 36.8 Å². The van der Waals surface area contributed by atoms with Crippen LogP contribution in [0.25, 0.3) is 10.9 Å². The summed E-state index contributed by atoms with van der Waals surface area (Å²) in [7, 11) is -3.82. The van der Waals surface area contributed by atoms with Crippen molar-refractivity contribution in [1.29, 1.82) is 0 Å². The van der Waals surface area contributed by atoms with E-state index in [2.05, 4.69) is 4.90 Å². The Hall–Kier alpha value is -2.68. The first kappa shape index (κ1) is 21.5.